The lowest BCUT2D eigenvalue weighted by Gasteiger charge is -2.08. The second-order valence-corrected chi connectivity index (χ2v) is 3.55. The summed E-state index contributed by atoms with van der Waals surface area (Å²) in [6.45, 7) is -0.380. The summed E-state index contributed by atoms with van der Waals surface area (Å²) in [7, 11) is 1.20. The van der Waals surface area contributed by atoms with Gasteiger partial charge in [-0.2, -0.15) is 4.39 Å². The van der Waals surface area contributed by atoms with Crippen molar-refractivity contribution in [1.82, 2.24) is 0 Å². The third-order valence-electron chi connectivity index (χ3n) is 1.81. The molecule has 0 bridgehead atoms. The van der Waals surface area contributed by atoms with Crippen molar-refractivity contribution >= 4 is 21.7 Å². The van der Waals surface area contributed by atoms with E-state index in [1.165, 1.54) is 7.11 Å². The lowest BCUT2D eigenvalue weighted by atomic mass is 10.1. The maximum Gasteiger partial charge on any atom is 0.202 e. The molecule has 0 radical (unpaired) electrons. The zero-order chi connectivity index (χ0) is 11.6. The number of Topliss-reactive ketones (excluding diaryl/α,β-unsaturated/α-hetero) is 1. The predicted molar refractivity (Wildman–Crippen MR) is 54.0 cm³/mol. The van der Waals surface area contributed by atoms with Crippen molar-refractivity contribution in [1.29, 1.82) is 0 Å². The average molecular weight is 280 g/mol. The normalized spacial score (nSPS) is 10.2. The minimum absolute atomic E-state index is 0.167. The fraction of sp³-hybridized carbons (Fsp3) is 0.222. The number of rotatable bonds is 3. The molecule has 0 atom stereocenters. The number of hydrogen-bond acceptors (Lipinski definition) is 3. The van der Waals surface area contributed by atoms with Crippen LogP contribution in [-0.4, -0.2) is 19.4 Å². The number of halogens is 3. The number of carbonyl (C=O) groups excluding carboxylic acids is 1. The summed E-state index contributed by atoms with van der Waals surface area (Å²) < 4.78 is 31.4. The van der Waals surface area contributed by atoms with Crippen molar-refractivity contribution in [3.63, 3.8) is 0 Å². The topological polar surface area (TPSA) is 52.3 Å². The first-order valence-corrected chi connectivity index (χ1v) is 4.77. The van der Waals surface area contributed by atoms with E-state index in [1.54, 1.807) is 0 Å². The van der Waals surface area contributed by atoms with Crippen molar-refractivity contribution in [3.05, 3.63) is 27.7 Å². The molecule has 2 N–H and O–H groups in total. The summed E-state index contributed by atoms with van der Waals surface area (Å²) in [5, 5.41) is 0. The highest BCUT2D eigenvalue weighted by molar-refractivity contribution is 9.10. The number of nitrogens with two attached hydrogens (primary N) is 1. The number of ketones is 1. The molecule has 1 aromatic rings. The van der Waals surface area contributed by atoms with Gasteiger partial charge in [-0.25, -0.2) is 4.39 Å². The minimum atomic E-state index is -1.24. The van der Waals surface area contributed by atoms with Crippen LogP contribution >= 0.6 is 15.9 Å². The number of hydrogen-bond donors (Lipinski definition) is 1. The van der Waals surface area contributed by atoms with Crippen molar-refractivity contribution in [3.8, 4) is 5.75 Å². The largest absolute Gasteiger partial charge is 0.492 e. The molecule has 0 heterocycles. The highest BCUT2D eigenvalue weighted by Crippen LogP contribution is 2.31. The van der Waals surface area contributed by atoms with Crippen molar-refractivity contribution < 1.29 is 18.3 Å². The number of ether oxygens (including phenoxy) is 1. The van der Waals surface area contributed by atoms with E-state index in [-0.39, 0.29) is 22.3 Å². The van der Waals surface area contributed by atoms with Gasteiger partial charge in [0.2, 0.25) is 5.82 Å². The van der Waals surface area contributed by atoms with Gasteiger partial charge in [-0.3, -0.25) is 4.79 Å². The Hall–Kier alpha value is -1.01. The van der Waals surface area contributed by atoms with Gasteiger partial charge in [0.05, 0.1) is 23.7 Å². The second kappa shape index (κ2) is 4.67. The molecule has 0 saturated heterocycles. The predicted octanol–water partition coefficient (Wildman–Crippen LogP) is 1.88. The Morgan fingerprint density at radius 1 is 1.53 bits per heavy atom. The van der Waals surface area contributed by atoms with E-state index in [9.17, 15) is 13.6 Å². The van der Waals surface area contributed by atoms with Crippen molar-refractivity contribution in [2.75, 3.05) is 13.7 Å². The van der Waals surface area contributed by atoms with E-state index < -0.39 is 17.4 Å². The van der Waals surface area contributed by atoms with E-state index >= 15 is 0 Å². The van der Waals surface area contributed by atoms with Crippen LogP contribution in [0.4, 0.5) is 8.78 Å². The quantitative estimate of drug-likeness (QED) is 0.679. The molecule has 3 nitrogen and oxygen atoms in total. The van der Waals surface area contributed by atoms with Gasteiger partial charge in [0.15, 0.2) is 17.3 Å². The van der Waals surface area contributed by atoms with Crippen LogP contribution in [0, 0.1) is 11.6 Å². The first-order valence-electron chi connectivity index (χ1n) is 3.97. The monoisotopic (exact) mass is 279 g/mol. The smallest absolute Gasteiger partial charge is 0.202 e. The summed E-state index contributed by atoms with van der Waals surface area (Å²) in [5.41, 5.74) is 4.67. The zero-order valence-corrected chi connectivity index (χ0v) is 9.40. The van der Waals surface area contributed by atoms with Gasteiger partial charge in [-0.1, -0.05) is 0 Å². The molecular formula is C9H8BrF2NO2. The Labute approximate surface area is 93.3 Å². The number of methoxy groups -OCH3 is 1. The van der Waals surface area contributed by atoms with Crippen molar-refractivity contribution in [2.24, 2.45) is 5.73 Å². The second-order valence-electron chi connectivity index (χ2n) is 2.69. The summed E-state index contributed by atoms with van der Waals surface area (Å²) in [6.07, 6.45) is 0. The summed E-state index contributed by atoms with van der Waals surface area (Å²) in [4.78, 5) is 11.1. The Kier molecular flexibility index (Phi) is 3.76. The Morgan fingerprint density at radius 2 is 2.13 bits per heavy atom. The van der Waals surface area contributed by atoms with Crippen LogP contribution < -0.4 is 10.5 Å². The Balaban J connectivity index is 3.40. The molecule has 15 heavy (non-hydrogen) atoms. The fourth-order valence-electron chi connectivity index (χ4n) is 1.08. The minimum Gasteiger partial charge on any atom is -0.492 e. The van der Waals surface area contributed by atoms with E-state index in [2.05, 4.69) is 20.7 Å². The molecule has 0 spiro atoms. The molecule has 1 rings (SSSR count). The van der Waals surface area contributed by atoms with Gasteiger partial charge >= 0.3 is 0 Å². The van der Waals surface area contributed by atoms with Crippen LogP contribution in [0.3, 0.4) is 0 Å². The van der Waals surface area contributed by atoms with Gasteiger partial charge in [0.25, 0.3) is 0 Å². The average Bonchev–Trinajstić information content (AvgIpc) is 2.23. The zero-order valence-electron chi connectivity index (χ0n) is 7.81. The molecule has 0 amide bonds. The maximum absolute atomic E-state index is 13.3. The standard InChI is InChI=1S/C9H8BrF2NO2/c1-15-9-5(10)2-4(6(14)3-13)7(11)8(9)12/h2H,3,13H2,1H3. The summed E-state index contributed by atoms with van der Waals surface area (Å²) >= 11 is 2.97. The first kappa shape index (κ1) is 12.1. The molecule has 82 valence electrons. The summed E-state index contributed by atoms with van der Waals surface area (Å²) in [5.74, 6) is -3.40. The molecule has 6 heteroatoms. The molecule has 0 aliphatic rings. The van der Waals surface area contributed by atoms with Gasteiger partial charge in [-0.05, 0) is 22.0 Å². The summed E-state index contributed by atoms with van der Waals surface area (Å²) in [6, 6.07) is 1.15. The van der Waals surface area contributed by atoms with Crippen LogP contribution in [0.15, 0.2) is 10.5 Å². The van der Waals surface area contributed by atoms with Gasteiger partial charge in [0.1, 0.15) is 0 Å². The Morgan fingerprint density at radius 3 is 2.60 bits per heavy atom. The number of carbonyl (C=O) groups is 1. The van der Waals surface area contributed by atoms with Crippen LogP contribution in [0.2, 0.25) is 0 Å². The van der Waals surface area contributed by atoms with Crippen LogP contribution in [-0.2, 0) is 0 Å². The van der Waals surface area contributed by atoms with Crippen LogP contribution in [0.25, 0.3) is 0 Å². The molecule has 0 unspecified atom stereocenters. The lowest BCUT2D eigenvalue weighted by molar-refractivity contribution is 0.0996. The maximum atomic E-state index is 13.3. The third kappa shape index (κ3) is 2.15. The highest BCUT2D eigenvalue weighted by atomic mass is 79.9. The van der Waals surface area contributed by atoms with Gasteiger partial charge in [0, 0.05) is 0 Å². The van der Waals surface area contributed by atoms with E-state index in [0.29, 0.717) is 0 Å². The van der Waals surface area contributed by atoms with E-state index in [4.69, 9.17) is 5.73 Å². The molecular weight excluding hydrogens is 272 g/mol. The molecule has 0 aromatic heterocycles. The van der Waals surface area contributed by atoms with Gasteiger partial charge in [-0.15, -0.1) is 0 Å². The van der Waals surface area contributed by atoms with Crippen LogP contribution in [0.5, 0.6) is 5.75 Å². The molecule has 0 aliphatic heterocycles. The molecule has 1 aromatic carbocycles. The first-order chi connectivity index (χ1) is 7.02. The molecule has 0 fully saturated rings. The fourth-order valence-corrected chi connectivity index (χ4v) is 1.64. The lowest BCUT2D eigenvalue weighted by Crippen LogP contribution is -2.16. The van der Waals surface area contributed by atoms with Crippen molar-refractivity contribution in [2.45, 2.75) is 0 Å². The molecule has 0 aliphatic carbocycles. The van der Waals surface area contributed by atoms with Gasteiger partial charge < -0.3 is 10.5 Å². The molecule has 0 saturated carbocycles. The highest BCUT2D eigenvalue weighted by Gasteiger charge is 2.21. The third-order valence-corrected chi connectivity index (χ3v) is 2.40. The van der Waals surface area contributed by atoms with E-state index in [1.807, 2.05) is 0 Å². The Bertz CT molecular complexity index is 410. The van der Waals surface area contributed by atoms with E-state index in [0.717, 1.165) is 6.07 Å². The van der Waals surface area contributed by atoms with Crippen LogP contribution in [0.1, 0.15) is 10.4 Å². The number of benzene rings is 1. The SMILES string of the molecule is COc1c(Br)cc(C(=O)CN)c(F)c1F.